The predicted octanol–water partition coefficient (Wildman–Crippen LogP) is 3.14. The molecule has 0 aliphatic heterocycles. The van der Waals surface area contributed by atoms with Crippen LogP contribution < -0.4 is 5.73 Å². The van der Waals surface area contributed by atoms with Crippen molar-refractivity contribution in [2.75, 3.05) is 6.54 Å². The van der Waals surface area contributed by atoms with Crippen molar-refractivity contribution >= 4 is 0 Å². The van der Waals surface area contributed by atoms with Crippen LogP contribution in [0.5, 0.6) is 0 Å². The zero-order valence-electron chi connectivity index (χ0n) is 9.84. The summed E-state index contributed by atoms with van der Waals surface area (Å²) in [5, 5.41) is 0. The van der Waals surface area contributed by atoms with E-state index in [1.165, 1.54) is 37.7 Å². The Kier molecular flexibility index (Phi) is 5.26. The van der Waals surface area contributed by atoms with Gasteiger partial charge in [-0.25, -0.2) is 0 Å². The Bertz CT molecular complexity index is 236. The summed E-state index contributed by atoms with van der Waals surface area (Å²) in [5.41, 5.74) is 3.88. The first-order valence-corrected chi connectivity index (χ1v) is 5.62. The van der Waals surface area contributed by atoms with Crippen molar-refractivity contribution in [1.29, 1.82) is 0 Å². The number of hydrogen-bond acceptors (Lipinski definition) is 1. The second-order valence-corrected chi connectivity index (χ2v) is 3.75. The number of aryl methyl sites for hydroxylation is 1. The fraction of sp³-hybridized carbons (Fsp3) is 0.538. The third-order valence-electron chi connectivity index (χ3n) is 2.49. The molecule has 0 saturated carbocycles. The van der Waals surface area contributed by atoms with Crippen LogP contribution in [0.2, 0.25) is 1.41 Å². The van der Waals surface area contributed by atoms with Gasteiger partial charge < -0.3 is 5.73 Å². The number of rotatable bonds is 8. The van der Waals surface area contributed by atoms with Crippen molar-refractivity contribution in [2.24, 2.45) is 5.73 Å². The molecule has 1 aromatic rings. The van der Waals surface area contributed by atoms with Gasteiger partial charge >= 0.3 is 0 Å². The monoisotopic (exact) mass is 192 g/mol. The number of hydrogen-bond donors (Lipinski definition) is 1. The summed E-state index contributed by atoms with van der Waals surface area (Å²) in [6.07, 6.45) is 7.49. The molecule has 0 fully saturated rings. The van der Waals surface area contributed by atoms with E-state index in [1.807, 2.05) is 0 Å². The van der Waals surface area contributed by atoms with E-state index in [-0.39, 0.29) is 0 Å². The SMILES string of the molecule is [2H]NCCCCCCCc1ccccc1. The molecule has 1 nitrogen and oxygen atoms in total. The first-order chi connectivity index (χ1) is 7.43. The van der Waals surface area contributed by atoms with Gasteiger partial charge in [-0.15, -0.1) is 0 Å². The van der Waals surface area contributed by atoms with Crippen molar-refractivity contribution in [3.63, 3.8) is 0 Å². The Morgan fingerprint density at radius 2 is 1.64 bits per heavy atom. The van der Waals surface area contributed by atoms with Crippen molar-refractivity contribution in [3.8, 4) is 0 Å². The average molecular weight is 192 g/mol. The molecule has 0 spiro atoms. The van der Waals surface area contributed by atoms with Crippen LogP contribution >= 0.6 is 0 Å². The molecule has 0 aliphatic carbocycles. The maximum absolute atomic E-state index is 6.78. The minimum Gasteiger partial charge on any atom is -0.330 e. The summed E-state index contributed by atoms with van der Waals surface area (Å²) in [5.74, 6) is 0. The molecule has 0 unspecified atom stereocenters. The van der Waals surface area contributed by atoms with E-state index in [0.29, 0.717) is 0 Å². The van der Waals surface area contributed by atoms with Crippen molar-refractivity contribution < 1.29 is 1.41 Å². The second kappa shape index (κ2) is 7.57. The summed E-state index contributed by atoms with van der Waals surface area (Å²) in [4.78, 5) is 0. The van der Waals surface area contributed by atoms with E-state index in [9.17, 15) is 0 Å². The zero-order chi connectivity index (χ0) is 10.8. The van der Waals surface area contributed by atoms with Crippen LogP contribution in [-0.2, 0) is 6.42 Å². The molecule has 14 heavy (non-hydrogen) atoms. The molecule has 0 radical (unpaired) electrons. The Hall–Kier alpha value is -0.820. The smallest absolute Gasteiger partial charge is 0.118 e. The topological polar surface area (TPSA) is 26.0 Å². The molecule has 1 heteroatoms. The molecule has 0 saturated heterocycles. The predicted molar refractivity (Wildman–Crippen MR) is 62.3 cm³/mol. The summed E-state index contributed by atoms with van der Waals surface area (Å²) in [6, 6.07) is 10.7. The second-order valence-electron chi connectivity index (χ2n) is 3.75. The van der Waals surface area contributed by atoms with Gasteiger partial charge in [0.1, 0.15) is 1.41 Å². The first-order valence-electron chi connectivity index (χ1n) is 6.12. The number of benzene rings is 1. The van der Waals surface area contributed by atoms with Gasteiger partial charge in [-0.05, 0) is 31.4 Å². The molecule has 0 heterocycles. The molecule has 78 valence electrons. The van der Waals surface area contributed by atoms with Crippen LogP contribution in [-0.4, -0.2) is 6.54 Å². The van der Waals surface area contributed by atoms with Crippen molar-refractivity contribution in [2.45, 2.75) is 38.5 Å². The minimum atomic E-state index is 0.832. The maximum atomic E-state index is 6.78. The largest absolute Gasteiger partial charge is 0.330 e. The van der Waals surface area contributed by atoms with Crippen molar-refractivity contribution in [3.05, 3.63) is 35.9 Å². The Labute approximate surface area is 88.8 Å². The zero-order valence-corrected chi connectivity index (χ0v) is 8.84. The van der Waals surface area contributed by atoms with Gasteiger partial charge in [-0.2, -0.15) is 0 Å². The van der Waals surface area contributed by atoms with E-state index in [4.69, 9.17) is 1.41 Å². The van der Waals surface area contributed by atoms with Crippen LogP contribution in [0, 0.1) is 0 Å². The average Bonchev–Trinajstić information content (AvgIpc) is 2.29. The van der Waals surface area contributed by atoms with Crippen LogP contribution in [0.15, 0.2) is 30.3 Å². The van der Waals surface area contributed by atoms with Crippen LogP contribution in [0.1, 0.15) is 37.7 Å². The van der Waals surface area contributed by atoms with Gasteiger partial charge in [-0.1, -0.05) is 49.6 Å². The molecular weight excluding hydrogens is 170 g/mol. The van der Waals surface area contributed by atoms with Gasteiger partial charge in [0, 0.05) is 0 Å². The lowest BCUT2D eigenvalue weighted by atomic mass is 10.1. The lowest BCUT2D eigenvalue weighted by Crippen LogP contribution is -1.97. The Morgan fingerprint density at radius 3 is 2.43 bits per heavy atom. The molecule has 0 bridgehead atoms. The molecule has 2 N–H and O–H groups in total. The molecule has 1 aromatic carbocycles. The highest BCUT2D eigenvalue weighted by Crippen LogP contribution is 2.08. The molecule has 0 amide bonds. The third-order valence-corrected chi connectivity index (χ3v) is 2.49. The van der Waals surface area contributed by atoms with E-state index in [2.05, 4.69) is 36.1 Å². The highest BCUT2D eigenvalue weighted by molar-refractivity contribution is 5.14. The number of nitrogens with two attached hydrogens (primary N) is 1. The van der Waals surface area contributed by atoms with Crippen LogP contribution in [0.25, 0.3) is 0 Å². The molecule has 0 aromatic heterocycles. The highest BCUT2D eigenvalue weighted by Gasteiger charge is 1.92. The van der Waals surface area contributed by atoms with E-state index in [0.717, 1.165) is 13.0 Å². The fourth-order valence-corrected chi connectivity index (χ4v) is 1.63. The molecule has 0 atom stereocenters. The molecule has 1 rings (SSSR count). The van der Waals surface area contributed by atoms with Gasteiger partial charge in [-0.3, -0.25) is 0 Å². The highest BCUT2D eigenvalue weighted by atomic mass is 14.5. The fourth-order valence-electron chi connectivity index (χ4n) is 1.63. The molecule has 0 aliphatic rings. The molecular formula is C13H21N. The van der Waals surface area contributed by atoms with E-state index in [1.54, 1.807) is 0 Å². The third kappa shape index (κ3) is 5.03. The number of unbranched alkanes of at least 4 members (excludes halogenated alkanes) is 4. The Balaban J connectivity index is 1.93. The summed E-state index contributed by atoms with van der Waals surface area (Å²) >= 11 is 0. The lowest BCUT2D eigenvalue weighted by molar-refractivity contribution is 0.618. The normalized spacial score (nSPS) is 11.3. The summed E-state index contributed by atoms with van der Waals surface area (Å²) < 4.78 is 6.78. The van der Waals surface area contributed by atoms with Crippen molar-refractivity contribution in [1.82, 2.24) is 0 Å². The lowest BCUT2D eigenvalue weighted by Gasteiger charge is -2.01. The quantitative estimate of drug-likeness (QED) is 0.629. The first kappa shape index (κ1) is 9.72. The Morgan fingerprint density at radius 1 is 0.929 bits per heavy atom. The van der Waals surface area contributed by atoms with Gasteiger partial charge in [0.2, 0.25) is 0 Å². The van der Waals surface area contributed by atoms with Crippen LogP contribution in [0.3, 0.4) is 0 Å². The van der Waals surface area contributed by atoms with Crippen LogP contribution in [0.4, 0.5) is 0 Å². The summed E-state index contributed by atoms with van der Waals surface area (Å²) in [7, 11) is 0. The van der Waals surface area contributed by atoms with E-state index < -0.39 is 0 Å². The van der Waals surface area contributed by atoms with E-state index >= 15 is 0 Å². The minimum absolute atomic E-state index is 0.832. The van der Waals surface area contributed by atoms with Gasteiger partial charge in [0.05, 0.1) is 0 Å². The van der Waals surface area contributed by atoms with Gasteiger partial charge in [0.15, 0.2) is 0 Å². The standard InChI is InChI=1S/C13H21N/c14-12-8-3-1-2-5-9-13-10-6-4-7-11-13/h4,6-7,10-11H,1-3,5,8-9,12,14H2/i/hD. The van der Waals surface area contributed by atoms with Gasteiger partial charge in [0.25, 0.3) is 0 Å². The summed E-state index contributed by atoms with van der Waals surface area (Å²) in [6.45, 7) is 0.832. The maximum Gasteiger partial charge on any atom is 0.118 e.